The first-order chi connectivity index (χ1) is 5.84. The smallest absolute Gasteiger partial charge is 0.00771 e. The fourth-order valence-corrected chi connectivity index (χ4v) is 1.37. The summed E-state index contributed by atoms with van der Waals surface area (Å²) >= 11 is 0. The largest absolute Gasteiger partial charge is 0.330 e. The molecule has 2 N–H and O–H groups in total. The van der Waals surface area contributed by atoms with Crippen LogP contribution in [0.4, 0.5) is 0 Å². The Kier molecular flexibility index (Phi) is 3.81. The summed E-state index contributed by atoms with van der Waals surface area (Å²) in [5.41, 5.74) is 6.88. The Morgan fingerprint density at radius 3 is 2.50 bits per heavy atom. The average molecular weight is 163 g/mol. The van der Waals surface area contributed by atoms with Crippen LogP contribution in [0.2, 0.25) is 0 Å². The molecule has 0 fully saturated rings. The van der Waals surface area contributed by atoms with Gasteiger partial charge in [0.25, 0.3) is 0 Å². The standard InChI is InChI=1S/C11H17N/c1-10(6-5-9-12)11-7-3-2-4-8-11/h2-4,7-8,10H,5-6,9,12H2,1H3/t10-/m0/s1. The Morgan fingerprint density at radius 1 is 1.25 bits per heavy atom. The first kappa shape index (κ1) is 9.27. The number of hydrogen-bond acceptors (Lipinski definition) is 1. The fraction of sp³-hybridized carbons (Fsp3) is 0.455. The van der Waals surface area contributed by atoms with E-state index in [2.05, 4.69) is 37.3 Å². The van der Waals surface area contributed by atoms with Crippen molar-refractivity contribution >= 4 is 0 Å². The van der Waals surface area contributed by atoms with Crippen molar-refractivity contribution in [2.24, 2.45) is 5.73 Å². The second-order valence-electron chi connectivity index (χ2n) is 3.24. The van der Waals surface area contributed by atoms with E-state index in [1.54, 1.807) is 0 Å². The number of hydrogen-bond donors (Lipinski definition) is 1. The summed E-state index contributed by atoms with van der Waals surface area (Å²) in [4.78, 5) is 0. The van der Waals surface area contributed by atoms with E-state index < -0.39 is 0 Å². The van der Waals surface area contributed by atoms with E-state index >= 15 is 0 Å². The molecule has 1 nitrogen and oxygen atoms in total. The van der Waals surface area contributed by atoms with Crippen molar-refractivity contribution in [1.82, 2.24) is 0 Å². The van der Waals surface area contributed by atoms with E-state index in [-0.39, 0.29) is 0 Å². The van der Waals surface area contributed by atoms with Crippen LogP contribution >= 0.6 is 0 Å². The lowest BCUT2D eigenvalue weighted by Gasteiger charge is -2.10. The van der Waals surface area contributed by atoms with Crippen LogP contribution in [-0.4, -0.2) is 6.54 Å². The van der Waals surface area contributed by atoms with Gasteiger partial charge < -0.3 is 5.73 Å². The summed E-state index contributed by atoms with van der Waals surface area (Å²) in [7, 11) is 0. The van der Waals surface area contributed by atoms with Crippen LogP contribution in [-0.2, 0) is 0 Å². The number of nitrogens with two attached hydrogens (primary N) is 1. The second kappa shape index (κ2) is 4.94. The fourth-order valence-electron chi connectivity index (χ4n) is 1.37. The molecule has 12 heavy (non-hydrogen) atoms. The summed E-state index contributed by atoms with van der Waals surface area (Å²) in [6.07, 6.45) is 2.32. The molecule has 0 aliphatic heterocycles. The van der Waals surface area contributed by atoms with E-state index in [1.807, 2.05) is 0 Å². The molecule has 0 spiro atoms. The minimum absolute atomic E-state index is 0.648. The third-order valence-electron chi connectivity index (χ3n) is 2.21. The first-order valence-corrected chi connectivity index (χ1v) is 4.59. The van der Waals surface area contributed by atoms with Gasteiger partial charge in [-0.05, 0) is 30.9 Å². The van der Waals surface area contributed by atoms with Crippen molar-refractivity contribution in [3.05, 3.63) is 35.9 Å². The van der Waals surface area contributed by atoms with Gasteiger partial charge in [-0.1, -0.05) is 37.3 Å². The topological polar surface area (TPSA) is 26.0 Å². The molecule has 0 heterocycles. The van der Waals surface area contributed by atoms with E-state index in [1.165, 1.54) is 12.0 Å². The normalized spacial score (nSPS) is 12.8. The highest BCUT2D eigenvalue weighted by Gasteiger charge is 2.02. The van der Waals surface area contributed by atoms with Gasteiger partial charge in [-0.2, -0.15) is 0 Å². The lowest BCUT2D eigenvalue weighted by Crippen LogP contribution is -2.01. The van der Waals surface area contributed by atoms with Crippen LogP contribution in [0.5, 0.6) is 0 Å². The molecule has 1 atom stereocenters. The zero-order valence-electron chi connectivity index (χ0n) is 7.66. The summed E-state index contributed by atoms with van der Waals surface area (Å²) < 4.78 is 0. The molecule has 0 radical (unpaired) electrons. The molecule has 0 aliphatic rings. The third-order valence-corrected chi connectivity index (χ3v) is 2.21. The molecule has 0 bridgehead atoms. The van der Waals surface area contributed by atoms with Crippen molar-refractivity contribution in [3.8, 4) is 0 Å². The van der Waals surface area contributed by atoms with Crippen LogP contribution in [0.1, 0.15) is 31.2 Å². The molecule has 1 rings (SSSR count). The molecule has 0 unspecified atom stereocenters. The molecule has 1 heteroatoms. The van der Waals surface area contributed by atoms with Crippen molar-refractivity contribution in [1.29, 1.82) is 0 Å². The summed E-state index contributed by atoms with van der Waals surface area (Å²) in [6.45, 7) is 3.06. The van der Waals surface area contributed by atoms with Gasteiger partial charge in [0.2, 0.25) is 0 Å². The van der Waals surface area contributed by atoms with Crippen molar-refractivity contribution in [3.63, 3.8) is 0 Å². The molecule has 1 aromatic rings. The molecular formula is C11H17N. The Morgan fingerprint density at radius 2 is 1.92 bits per heavy atom. The van der Waals surface area contributed by atoms with E-state index in [0.717, 1.165) is 13.0 Å². The highest BCUT2D eigenvalue weighted by atomic mass is 14.5. The van der Waals surface area contributed by atoms with Crippen LogP contribution in [0.3, 0.4) is 0 Å². The van der Waals surface area contributed by atoms with Gasteiger partial charge >= 0.3 is 0 Å². The minimum atomic E-state index is 0.648. The Bertz CT molecular complexity index is 206. The van der Waals surface area contributed by atoms with Gasteiger partial charge in [-0.3, -0.25) is 0 Å². The average Bonchev–Trinajstić information content (AvgIpc) is 2.15. The zero-order valence-corrected chi connectivity index (χ0v) is 7.66. The summed E-state index contributed by atoms with van der Waals surface area (Å²) in [6, 6.07) is 10.6. The van der Waals surface area contributed by atoms with Crippen molar-refractivity contribution in [2.75, 3.05) is 6.54 Å². The summed E-state index contributed by atoms with van der Waals surface area (Å²) in [5.74, 6) is 0.648. The highest BCUT2D eigenvalue weighted by Crippen LogP contribution is 2.19. The molecule has 1 aromatic carbocycles. The van der Waals surface area contributed by atoms with Gasteiger partial charge in [-0.15, -0.1) is 0 Å². The molecular weight excluding hydrogens is 146 g/mol. The van der Waals surface area contributed by atoms with Crippen molar-refractivity contribution < 1.29 is 0 Å². The van der Waals surface area contributed by atoms with Gasteiger partial charge in [0.15, 0.2) is 0 Å². The van der Waals surface area contributed by atoms with Crippen LogP contribution in [0.15, 0.2) is 30.3 Å². The molecule has 0 amide bonds. The van der Waals surface area contributed by atoms with Crippen LogP contribution in [0, 0.1) is 0 Å². The van der Waals surface area contributed by atoms with Crippen LogP contribution < -0.4 is 5.73 Å². The maximum Gasteiger partial charge on any atom is -0.00771 e. The predicted octanol–water partition coefficient (Wildman–Crippen LogP) is 2.53. The second-order valence-corrected chi connectivity index (χ2v) is 3.24. The first-order valence-electron chi connectivity index (χ1n) is 4.59. The Balaban J connectivity index is 2.48. The van der Waals surface area contributed by atoms with Gasteiger partial charge in [-0.25, -0.2) is 0 Å². The molecule has 0 saturated heterocycles. The number of rotatable bonds is 4. The zero-order chi connectivity index (χ0) is 8.81. The quantitative estimate of drug-likeness (QED) is 0.725. The third kappa shape index (κ3) is 2.67. The van der Waals surface area contributed by atoms with Gasteiger partial charge in [0.1, 0.15) is 0 Å². The van der Waals surface area contributed by atoms with E-state index in [4.69, 9.17) is 5.73 Å². The van der Waals surface area contributed by atoms with Gasteiger partial charge in [0, 0.05) is 0 Å². The predicted molar refractivity (Wildman–Crippen MR) is 53.1 cm³/mol. The number of benzene rings is 1. The highest BCUT2D eigenvalue weighted by molar-refractivity contribution is 5.18. The lowest BCUT2D eigenvalue weighted by atomic mass is 9.96. The van der Waals surface area contributed by atoms with Gasteiger partial charge in [0.05, 0.1) is 0 Å². The molecule has 66 valence electrons. The Hall–Kier alpha value is -0.820. The molecule has 0 aliphatic carbocycles. The maximum atomic E-state index is 5.45. The Labute approximate surface area is 74.6 Å². The molecule has 0 aromatic heterocycles. The monoisotopic (exact) mass is 163 g/mol. The lowest BCUT2D eigenvalue weighted by molar-refractivity contribution is 0.641. The maximum absolute atomic E-state index is 5.45. The SMILES string of the molecule is C[C@@H](CCCN)c1ccccc1. The van der Waals surface area contributed by atoms with E-state index in [9.17, 15) is 0 Å². The van der Waals surface area contributed by atoms with E-state index in [0.29, 0.717) is 5.92 Å². The van der Waals surface area contributed by atoms with Crippen molar-refractivity contribution in [2.45, 2.75) is 25.7 Å². The minimum Gasteiger partial charge on any atom is -0.330 e. The molecule has 0 saturated carbocycles. The summed E-state index contributed by atoms with van der Waals surface area (Å²) in [5, 5.41) is 0. The van der Waals surface area contributed by atoms with Crippen LogP contribution in [0.25, 0.3) is 0 Å².